The summed E-state index contributed by atoms with van der Waals surface area (Å²) < 4.78 is 10.8. The molecule has 0 aromatic carbocycles. The van der Waals surface area contributed by atoms with Crippen molar-refractivity contribution in [1.29, 1.82) is 0 Å². The van der Waals surface area contributed by atoms with Crippen molar-refractivity contribution in [1.82, 2.24) is 20.2 Å². The average Bonchev–Trinajstić information content (AvgIpc) is 3.29. The summed E-state index contributed by atoms with van der Waals surface area (Å²) in [5, 5.41) is 6.45. The minimum atomic E-state index is 0.311. The molecule has 32 heavy (non-hydrogen) atoms. The van der Waals surface area contributed by atoms with Gasteiger partial charge in [-0.3, -0.25) is 5.10 Å². The summed E-state index contributed by atoms with van der Waals surface area (Å²) >= 11 is 0. The fraction of sp³-hybridized carbons (Fsp3) is 0.400. The van der Waals surface area contributed by atoms with E-state index in [9.17, 15) is 0 Å². The summed E-state index contributed by atoms with van der Waals surface area (Å²) in [5.74, 6) is 1.61. The Balaban J connectivity index is 0.000000416. The van der Waals surface area contributed by atoms with Crippen LogP contribution < -0.4 is 9.64 Å². The maximum Gasteiger partial charge on any atom is 0.212 e. The van der Waals surface area contributed by atoms with E-state index in [0.717, 1.165) is 48.1 Å². The first kappa shape index (κ1) is 23.5. The van der Waals surface area contributed by atoms with E-state index in [0.29, 0.717) is 11.9 Å². The second-order valence-corrected chi connectivity index (χ2v) is 7.91. The number of methoxy groups -OCH3 is 1. The monoisotopic (exact) mass is 435 g/mol. The first-order chi connectivity index (χ1) is 15.4. The number of aromatic amines is 1. The van der Waals surface area contributed by atoms with Crippen LogP contribution in [-0.4, -0.2) is 53.1 Å². The third-order valence-corrected chi connectivity index (χ3v) is 5.57. The van der Waals surface area contributed by atoms with Crippen LogP contribution in [-0.2, 0) is 4.74 Å². The molecule has 7 heteroatoms. The van der Waals surface area contributed by atoms with Gasteiger partial charge in [-0.1, -0.05) is 6.08 Å². The molecule has 7 nitrogen and oxygen atoms in total. The number of morpholine rings is 1. The summed E-state index contributed by atoms with van der Waals surface area (Å²) in [6, 6.07) is 8.36. The lowest BCUT2D eigenvalue weighted by molar-refractivity contribution is 0.0985. The topological polar surface area (TPSA) is 76.2 Å². The molecule has 1 fully saturated rings. The molecule has 0 amide bonds. The van der Waals surface area contributed by atoms with Crippen molar-refractivity contribution in [2.75, 3.05) is 31.8 Å². The number of pyridine rings is 2. The highest BCUT2D eigenvalue weighted by atomic mass is 16.5. The zero-order valence-electron chi connectivity index (χ0n) is 19.8. The fourth-order valence-corrected chi connectivity index (χ4v) is 3.73. The van der Waals surface area contributed by atoms with Gasteiger partial charge in [0.05, 0.1) is 26.4 Å². The van der Waals surface area contributed by atoms with Gasteiger partial charge in [-0.05, 0) is 64.0 Å². The van der Waals surface area contributed by atoms with Gasteiger partial charge in [-0.25, -0.2) is 9.97 Å². The SMILES string of the molecule is C/C=C(/C)c1c(-c2ccc(OC)nc2)cc(N2CCOCC2C)nc1C.Cc1ccn[nH]1. The third kappa shape index (κ3) is 5.53. The van der Waals surface area contributed by atoms with Gasteiger partial charge >= 0.3 is 0 Å². The lowest BCUT2D eigenvalue weighted by Gasteiger charge is -2.35. The summed E-state index contributed by atoms with van der Waals surface area (Å²) in [7, 11) is 1.63. The predicted molar refractivity (Wildman–Crippen MR) is 129 cm³/mol. The van der Waals surface area contributed by atoms with Crippen LogP contribution in [0.5, 0.6) is 5.88 Å². The molecule has 3 aromatic rings. The number of aryl methyl sites for hydroxylation is 2. The molecule has 1 aliphatic heterocycles. The largest absolute Gasteiger partial charge is 0.481 e. The summed E-state index contributed by atoms with van der Waals surface area (Å²) in [6.07, 6.45) is 5.73. The number of rotatable bonds is 4. The van der Waals surface area contributed by atoms with E-state index in [2.05, 4.69) is 66.0 Å². The second-order valence-electron chi connectivity index (χ2n) is 7.91. The zero-order chi connectivity index (χ0) is 23.1. The molecule has 0 bridgehead atoms. The van der Waals surface area contributed by atoms with Crippen LogP contribution in [0.1, 0.15) is 37.7 Å². The maximum atomic E-state index is 5.58. The molecule has 1 saturated heterocycles. The van der Waals surface area contributed by atoms with E-state index >= 15 is 0 Å². The van der Waals surface area contributed by atoms with Gasteiger partial charge in [0.2, 0.25) is 5.88 Å². The Bertz CT molecular complexity index is 1030. The first-order valence-electron chi connectivity index (χ1n) is 10.9. The van der Waals surface area contributed by atoms with Crippen LogP contribution in [0.3, 0.4) is 0 Å². The number of allylic oxidation sites excluding steroid dienone is 2. The second kappa shape index (κ2) is 10.9. The van der Waals surface area contributed by atoms with E-state index in [4.69, 9.17) is 14.5 Å². The van der Waals surface area contributed by atoms with Crippen molar-refractivity contribution in [3.05, 3.63) is 59.7 Å². The molecule has 0 radical (unpaired) electrons. The van der Waals surface area contributed by atoms with Gasteiger partial charge in [0.25, 0.3) is 0 Å². The molecular formula is C25H33N5O2. The molecule has 170 valence electrons. The third-order valence-electron chi connectivity index (χ3n) is 5.57. The van der Waals surface area contributed by atoms with E-state index in [1.807, 2.05) is 25.3 Å². The molecule has 0 saturated carbocycles. The van der Waals surface area contributed by atoms with Gasteiger partial charge in [-0.15, -0.1) is 0 Å². The number of ether oxygens (including phenoxy) is 2. The van der Waals surface area contributed by atoms with Gasteiger partial charge in [0.1, 0.15) is 5.82 Å². The molecule has 0 spiro atoms. The summed E-state index contributed by atoms with van der Waals surface area (Å²) in [6.45, 7) is 12.7. The molecule has 1 N–H and O–H groups in total. The number of aromatic nitrogens is 4. The van der Waals surface area contributed by atoms with Crippen molar-refractivity contribution < 1.29 is 9.47 Å². The van der Waals surface area contributed by atoms with Gasteiger partial charge in [0.15, 0.2) is 0 Å². The smallest absolute Gasteiger partial charge is 0.212 e. The van der Waals surface area contributed by atoms with Crippen LogP contribution in [0.2, 0.25) is 0 Å². The molecule has 1 unspecified atom stereocenters. The minimum Gasteiger partial charge on any atom is -0.481 e. The maximum absolute atomic E-state index is 5.58. The molecule has 4 heterocycles. The highest BCUT2D eigenvalue weighted by Crippen LogP contribution is 2.34. The van der Waals surface area contributed by atoms with Crippen LogP contribution in [0.15, 0.2) is 42.7 Å². The quantitative estimate of drug-likeness (QED) is 0.633. The van der Waals surface area contributed by atoms with Crippen LogP contribution in [0, 0.1) is 13.8 Å². The highest BCUT2D eigenvalue weighted by Gasteiger charge is 2.23. The van der Waals surface area contributed by atoms with E-state index in [1.165, 1.54) is 11.1 Å². The lowest BCUT2D eigenvalue weighted by Crippen LogP contribution is -2.44. The fourth-order valence-electron chi connectivity index (χ4n) is 3.73. The molecule has 1 aliphatic rings. The number of nitrogens with one attached hydrogen (secondary N) is 1. The number of hydrogen-bond donors (Lipinski definition) is 1. The number of nitrogens with zero attached hydrogens (tertiary/aromatic N) is 4. The van der Waals surface area contributed by atoms with Gasteiger partial charge < -0.3 is 14.4 Å². The Morgan fingerprint density at radius 2 is 2.09 bits per heavy atom. The predicted octanol–water partition coefficient (Wildman–Crippen LogP) is 4.83. The highest BCUT2D eigenvalue weighted by molar-refractivity contribution is 5.83. The van der Waals surface area contributed by atoms with Crippen molar-refractivity contribution in [3.8, 4) is 17.0 Å². The first-order valence-corrected chi connectivity index (χ1v) is 10.9. The Morgan fingerprint density at radius 3 is 2.62 bits per heavy atom. The standard InChI is InChI=1S/C21H27N3O2.C4H6N2/c1-6-14(2)21-16(4)23-19(24-9-10-26-13-15(24)3)11-18(21)17-7-8-20(25-5)22-12-17;1-4-2-3-5-6-4/h6-8,11-12,15H,9-10,13H2,1-5H3;2-3H,1H3,(H,5,6)/b14-6-;. The number of H-pyrrole nitrogens is 1. The van der Waals surface area contributed by atoms with Gasteiger partial charge in [-0.2, -0.15) is 5.10 Å². The van der Waals surface area contributed by atoms with Crippen molar-refractivity contribution in [2.24, 2.45) is 0 Å². The minimum absolute atomic E-state index is 0.311. The Labute approximate surface area is 190 Å². The Hall–Kier alpha value is -3.19. The number of anilines is 1. The molecule has 3 aromatic heterocycles. The Kier molecular flexibility index (Phi) is 8.00. The number of hydrogen-bond acceptors (Lipinski definition) is 6. The van der Waals surface area contributed by atoms with Crippen molar-refractivity contribution in [2.45, 2.75) is 40.7 Å². The molecule has 4 rings (SSSR count). The van der Waals surface area contributed by atoms with Crippen LogP contribution in [0.4, 0.5) is 5.82 Å². The zero-order valence-corrected chi connectivity index (χ0v) is 19.8. The summed E-state index contributed by atoms with van der Waals surface area (Å²) in [4.78, 5) is 11.6. The molecule has 0 aliphatic carbocycles. The van der Waals surface area contributed by atoms with E-state index in [1.54, 1.807) is 13.3 Å². The van der Waals surface area contributed by atoms with Crippen LogP contribution >= 0.6 is 0 Å². The Morgan fingerprint density at radius 1 is 1.28 bits per heavy atom. The lowest BCUT2D eigenvalue weighted by atomic mass is 9.94. The van der Waals surface area contributed by atoms with E-state index in [-0.39, 0.29) is 0 Å². The average molecular weight is 436 g/mol. The molecular weight excluding hydrogens is 402 g/mol. The van der Waals surface area contributed by atoms with E-state index < -0.39 is 0 Å². The van der Waals surface area contributed by atoms with Crippen LogP contribution in [0.25, 0.3) is 16.7 Å². The summed E-state index contributed by atoms with van der Waals surface area (Å²) in [5.41, 5.74) is 6.73. The normalized spacial score (nSPS) is 16.4. The molecule has 1 atom stereocenters. The van der Waals surface area contributed by atoms with Crippen molar-refractivity contribution in [3.63, 3.8) is 0 Å². The van der Waals surface area contributed by atoms with Gasteiger partial charge in [0, 0.05) is 47.5 Å². The van der Waals surface area contributed by atoms with Crippen molar-refractivity contribution >= 4 is 11.4 Å².